The minimum atomic E-state index is -0.536. The number of rotatable bonds is 0. The molecule has 3 fully saturated rings. The second-order valence-electron chi connectivity index (χ2n) is 6.34. The minimum Gasteiger partial charge on any atom is -0.385 e. The molecule has 1 N–H and O–H groups in total. The highest BCUT2D eigenvalue weighted by molar-refractivity contribution is 5.32. The van der Waals surface area contributed by atoms with E-state index in [1.807, 2.05) is 0 Å². The highest BCUT2D eigenvalue weighted by atomic mass is 16.3. The molecule has 4 aliphatic rings. The third-order valence-electron chi connectivity index (χ3n) is 5.81. The molecule has 0 saturated heterocycles. The largest absolute Gasteiger partial charge is 0.385 e. The van der Waals surface area contributed by atoms with Crippen molar-refractivity contribution in [1.29, 1.82) is 0 Å². The Morgan fingerprint density at radius 3 is 2.64 bits per heavy atom. The standard InChI is InChI=1S/C13H20O/c1-11(2)9-4-6-12(3)10(8-9)5-7-13(11,12)14/h5,7,9-10,14H,4,6,8H2,1-3H3. The SMILES string of the molecule is CC1(C)C2CCC3(C)C(C=CC13O)C2. The molecule has 4 atom stereocenters. The topological polar surface area (TPSA) is 20.2 Å². The fourth-order valence-electron chi connectivity index (χ4n) is 4.47. The Kier molecular flexibility index (Phi) is 1.35. The summed E-state index contributed by atoms with van der Waals surface area (Å²) in [6.07, 6.45) is 8.19. The first-order valence-corrected chi connectivity index (χ1v) is 5.83. The molecule has 0 aromatic heterocycles. The Morgan fingerprint density at radius 2 is 2.00 bits per heavy atom. The Balaban J connectivity index is 2.21. The first kappa shape index (κ1) is 8.96. The van der Waals surface area contributed by atoms with E-state index in [2.05, 4.69) is 32.9 Å². The van der Waals surface area contributed by atoms with Crippen LogP contribution in [0.2, 0.25) is 0 Å². The van der Waals surface area contributed by atoms with E-state index >= 15 is 0 Å². The minimum absolute atomic E-state index is 0.0729. The van der Waals surface area contributed by atoms with E-state index in [0.29, 0.717) is 11.8 Å². The summed E-state index contributed by atoms with van der Waals surface area (Å²) in [5.74, 6) is 1.36. The van der Waals surface area contributed by atoms with E-state index in [-0.39, 0.29) is 10.8 Å². The molecule has 4 unspecified atom stereocenters. The van der Waals surface area contributed by atoms with Crippen LogP contribution < -0.4 is 0 Å². The van der Waals surface area contributed by atoms with E-state index in [4.69, 9.17) is 0 Å². The fraction of sp³-hybridized carbons (Fsp3) is 0.846. The molecule has 3 saturated carbocycles. The lowest BCUT2D eigenvalue weighted by Crippen LogP contribution is -2.65. The summed E-state index contributed by atoms with van der Waals surface area (Å²) in [7, 11) is 0. The van der Waals surface area contributed by atoms with Crippen molar-refractivity contribution in [1.82, 2.24) is 0 Å². The molecule has 78 valence electrons. The average molecular weight is 192 g/mol. The maximum Gasteiger partial charge on any atom is 0.0939 e. The lowest BCUT2D eigenvalue weighted by molar-refractivity contribution is -0.215. The molecule has 0 aliphatic heterocycles. The van der Waals surface area contributed by atoms with Gasteiger partial charge in [0.15, 0.2) is 0 Å². The zero-order chi connectivity index (χ0) is 10.2. The fourth-order valence-corrected chi connectivity index (χ4v) is 4.47. The van der Waals surface area contributed by atoms with Crippen LogP contribution in [0.1, 0.15) is 40.0 Å². The second-order valence-corrected chi connectivity index (χ2v) is 6.34. The van der Waals surface area contributed by atoms with E-state index < -0.39 is 5.60 Å². The molecule has 0 heterocycles. The number of hydrogen-bond donors (Lipinski definition) is 1. The van der Waals surface area contributed by atoms with Gasteiger partial charge in [0, 0.05) is 10.8 Å². The maximum atomic E-state index is 10.9. The van der Waals surface area contributed by atoms with Gasteiger partial charge >= 0.3 is 0 Å². The summed E-state index contributed by atoms with van der Waals surface area (Å²) >= 11 is 0. The lowest BCUT2D eigenvalue weighted by atomic mass is 9.43. The quantitative estimate of drug-likeness (QED) is 0.585. The van der Waals surface area contributed by atoms with Crippen molar-refractivity contribution in [3.63, 3.8) is 0 Å². The molecular formula is C13H20O. The van der Waals surface area contributed by atoms with Crippen LogP contribution >= 0.6 is 0 Å². The van der Waals surface area contributed by atoms with Crippen LogP contribution in [0, 0.1) is 22.7 Å². The smallest absolute Gasteiger partial charge is 0.0939 e. The van der Waals surface area contributed by atoms with Gasteiger partial charge in [0.1, 0.15) is 0 Å². The summed E-state index contributed by atoms with van der Waals surface area (Å²) in [5.41, 5.74) is -0.333. The predicted molar refractivity (Wildman–Crippen MR) is 56.8 cm³/mol. The lowest BCUT2D eigenvalue weighted by Gasteiger charge is -2.64. The van der Waals surface area contributed by atoms with E-state index in [1.165, 1.54) is 19.3 Å². The highest BCUT2D eigenvalue weighted by Gasteiger charge is 2.68. The zero-order valence-corrected chi connectivity index (χ0v) is 9.38. The van der Waals surface area contributed by atoms with Crippen LogP contribution in [-0.2, 0) is 0 Å². The van der Waals surface area contributed by atoms with Gasteiger partial charge in [-0.15, -0.1) is 0 Å². The zero-order valence-electron chi connectivity index (χ0n) is 9.38. The summed E-state index contributed by atoms with van der Waals surface area (Å²) in [6, 6.07) is 0. The summed E-state index contributed by atoms with van der Waals surface area (Å²) < 4.78 is 0. The van der Waals surface area contributed by atoms with Crippen LogP contribution in [0.15, 0.2) is 12.2 Å². The number of aliphatic hydroxyl groups is 1. The van der Waals surface area contributed by atoms with Gasteiger partial charge < -0.3 is 5.11 Å². The van der Waals surface area contributed by atoms with Crippen molar-refractivity contribution >= 4 is 0 Å². The first-order chi connectivity index (χ1) is 6.42. The number of hydrogen-bond acceptors (Lipinski definition) is 1. The Bertz CT molecular complexity index is 317. The molecule has 1 nitrogen and oxygen atoms in total. The van der Waals surface area contributed by atoms with Gasteiger partial charge in [-0.3, -0.25) is 0 Å². The molecule has 4 aliphatic carbocycles. The van der Waals surface area contributed by atoms with Crippen LogP contribution in [0.25, 0.3) is 0 Å². The summed E-state index contributed by atoms with van der Waals surface area (Å²) in [5, 5.41) is 10.9. The second kappa shape index (κ2) is 2.11. The molecule has 0 radical (unpaired) electrons. The van der Waals surface area contributed by atoms with Crippen molar-refractivity contribution in [3.8, 4) is 0 Å². The predicted octanol–water partition coefficient (Wildman–Crippen LogP) is 2.75. The average Bonchev–Trinajstić information content (AvgIpc) is 2.34. The number of allylic oxidation sites excluding steroid dienone is 1. The monoisotopic (exact) mass is 192 g/mol. The van der Waals surface area contributed by atoms with Gasteiger partial charge in [0.05, 0.1) is 5.60 Å². The molecule has 0 spiro atoms. The molecule has 0 aromatic rings. The van der Waals surface area contributed by atoms with Gasteiger partial charge in [-0.05, 0) is 31.1 Å². The van der Waals surface area contributed by atoms with E-state index in [1.54, 1.807) is 0 Å². The Morgan fingerprint density at radius 1 is 1.29 bits per heavy atom. The summed E-state index contributed by atoms with van der Waals surface area (Å²) in [4.78, 5) is 0. The van der Waals surface area contributed by atoms with Crippen molar-refractivity contribution in [3.05, 3.63) is 12.2 Å². The van der Waals surface area contributed by atoms with Gasteiger partial charge in [-0.1, -0.05) is 32.9 Å². The van der Waals surface area contributed by atoms with Gasteiger partial charge in [-0.2, -0.15) is 0 Å². The Hall–Kier alpha value is -0.300. The highest BCUT2D eigenvalue weighted by Crippen LogP contribution is 2.69. The van der Waals surface area contributed by atoms with Crippen LogP contribution in [0.5, 0.6) is 0 Å². The van der Waals surface area contributed by atoms with Gasteiger partial charge in [0.25, 0.3) is 0 Å². The van der Waals surface area contributed by atoms with Gasteiger partial charge in [-0.25, -0.2) is 0 Å². The van der Waals surface area contributed by atoms with Gasteiger partial charge in [0.2, 0.25) is 0 Å². The molecule has 14 heavy (non-hydrogen) atoms. The van der Waals surface area contributed by atoms with Crippen molar-refractivity contribution in [2.45, 2.75) is 45.6 Å². The third-order valence-corrected chi connectivity index (χ3v) is 5.81. The molecular weight excluding hydrogens is 172 g/mol. The molecule has 4 rings (SSSR count). The van der Waals surface area contributed by atoms with Crippen molar-refractivity contribution < 1.29 is 5.11 Å². The van der Waals surface area contributed by atoms with Crippen molar-refractivity contribution in [2.75, 3.05) is 0 Å². The number of fused-ring (bicyclic) bond motifs is 1. The molecule has 4 bridgehead atoms. The third kappa shape index (κ3) is 0.641. The van der Waals surface area contributed by atoms with E-state index in [9.17, 15) is 5.11 Å². The Labute approximate surface area is 86.2 Å². The van der Waals surface area contributed by atoms with Crippen LogP contribution in [0.4, 0.5) is 0 Å². The van der Waals surface area contributed by atoms with Crippen LogP contribution in [-0.4, -0.2) is 10.7 Å². The molecule has 1 heteroatoms. The van der Waals surface area contributed by atoms with Crippen molar-refractivity contribution in [2.24, 2.45) is 22.7 Å². The van der Waals surface area contributed by atoms with E-state index in [0.717, 1.165) is 0 Å². The van der Waals surface area contributed by atoms with Crippen LogP contribution in [0.3, 0.4) is 0 Å². The normalized spacial score (nSPS) is 58.0. The molecule has 0 amide bonds. The summed E-state index contributed by atoms with van der Waals surface area (Å²) in [6.45, 7) is 6.79. The molecule has 0 aromatic carbocycles. The first-order valence-electron chi connectivity index (χ1n) is 5.83. The maximum absolute atomic E-state index is 10.9.